The van der Waals surface area contributed by atoms with Crippen LogP contribution in [0, 0.1) is 16.9 Å². The summed E-state index contributed by atoms with van der Waals surface area (Å²) in [5, 5.41) is 16.6. The zero-order valence-electron chi connectivity index (χ0n) is 6.96. The van der Waals surface area contributed by atoms with Crippen molar-refractivity contribution >= 4 is 34.8 Å². The molecule has 0 aromatic heterocycles. The van der Waals surface area contributed by atoms with E-state index in [9.17, 15) is 0 Å². The highest BCUT2D eigenvalue weighted by Gasteiger charge is 2.12. The van der Waals surface area contributed by atoms with Crippen LogP contribution in [-0.2, 0) is 0 Å². The van der Waals surface area contributed by atoms with E-state index in [2.05, 4.69) is 0 Å². The fraction of sp³-hybridized carbons (Fsp3) is 0. The minimum atomic E-state index is -0.406. The number of anilines is 1. The lowest BCUT2D eigenvalue weighted by atomic mass is 10.3. The van der Waals surface area contributed by atoms with Gasteiger partial charge in [-0.15, -0.1) is 0 Å². The van der Waals surface area contributed by atoms with Crippen molar-refractivity contribution in [2.45, 2.75) is 0 Å². The second-order valence-electron chi connectivity index (χ2n) is 2.42. The van der Waals surface area contributed by atoms with Crippen molar-refractivity contribution in [1.29, 1.82) is 10.7 Å². The van der Waals surface area contributed by atoms with Gasteiger partial charge in [-0.1, -0.05) is 23.2 Å². The average molecular weight is 229 g/mol. The van der Waals surface area contributed by atoms with Crippen LogP contribution in [0.15, 0.2) is 18.2 Å². The molecule has 0 bridgehead atoms. The Balaban J connectivity index is 3.23. The molecule has 1 rings (SSSR count). The van der Waals surface area contributed by atoms with Crippen LogP contribution in [0.25, 0.3) is 0 Å². The molecular formula is C8H6Cl2N4. The summed E-state index contributed by atoms with van der Waals surface area (Å²) < 4.78 is 0. The van der Waals surface area contributed by atoms with Gasteiger partial charge in [0.05, 0.1) is 10.7 Å². The fourth-order valence-corrected chi connectivity index (χ4v) is 1.26. The van der Waals surface area contributed by atoms with Gasteiger partial charge in [0, 0.05) is 5.02 Å². The van der Waals surface area contributed by atoms with Gasteiger partial charge in [0.1, 0.15) is 0 Å². The number of nitrogens with one attached hydrogen (secondary N) is 1. The molecule has 1 aromatic carbocycles. The molecule has 0 saturated carbocycles. The van der Waals surface area contributed by atoms with Crippen LogP contribution < -0.4 is 10.6 Å². The number of nitrogens with two attached hydrogens (primary N) is 1. The third-order valence-electron chi connectivity index (χ3n) is 1.49. The van der Waals surface area contributed by atoms with Crippen molar-refractivity contribution in [3.8, 4) is 6.19 Å². The predicted molar refractivity (Wildman–Crippen MR) is 56.5 cm³/mol. The molecule has 1 aromatic rings. The molecule has 0 aliphatic rings. The van der Waals surface area contributed by atoms with Crippen LogP contribution in [0.2, 0.25) is 10.0 Å². The Morgan fingerprint density at radius 1 is 1.50 bits per heavy atom. The molecule has 0 spiro atoms. The molecule has 4 nitrogen and oxygen atoms in total. The van der Waals surface area contributed by atoms with E-state index in [1.54, 1.807) is 12.3 Å². The number of halogens is 2. The SMILES string of the molecule is N#CN(C(=N)N)c1cc(Cl)ccc1Cl. The Labute approximate surface area is 90.9 Å². The number of guanidine groups is 1. The number of hydrogen-bond acceptors (Lipinski definition) is 2. The van der Waals surface area contributed by atoms with Gasteiger partial charge in [-0.2, -0.15) is 5.26 Å². The van der Waals surface area contributed by atoms with Gasteiger partial charge in [-0.3, -0.25) is 5.41 Å². The van der Waals surface area contributed by atoms with Crippen molar-refractivity contribution < 1.29 is 0 Å². The van der Waals surface area contributed by atoms with Crippen molar-refractivity contribution in [3.05, 3.63) is 28.2 Å². The van der Waals surface area contributed by atoms with Gasteiger partial charge in [0.15, 0.2) is 6.19 Å². The lowest BCUT2D eigenvalue weighted by molar-refractivity contribution is 1.25. The minimum Gasteiger partial charge on any atom is -0.369 e. The van der Waals surface area contributed by atoms with Gasteiger partial charge >= 0.3 is 0 Å². The molecule has 0 aliphatic carbocycles. The third kappa shape index (κ3) is 2.08. The minimum absolute atomic E-state index is 0.300. The van der Waals surface area contributed by atoms with E-state index < -0.39 is 5.96 Å². The quantitative estimate of drug-likeness (QED) is 0.335. The molecule has 0 heterocycles. The second kappa shape index (κ2) is 4.18. The molecule has 0 amide bonds. The van der Waals surface area contributed by atoms with Crippen molar-refractivity contribution in [3.63, 3.8) is 0 Å². The smallest absolute Gasteiger partial charge is 0.206 e. The highest BCUT2D eigenvalue weighted by atomic mass is 35.5. The Hall–Kier alpha value is -1.44. The molecule has 0 fully saturated rings. The summed E-state index contributed by atoms with van der Waals surface area (Å²) >= 11 is 11.5. The maximum Gasteiger partial charge on any atom is 0.206 e. The Bertz CT molecular complexity index is 410. The molecule has 0 atom stereocenters. The highest BCUT2D eigenvalue weighted by molar-refractivity contribution is 6.35. The number of nitrogens with zero attached hydrogens (tertiary/aromatic N) is 2. The lowest BCUT2D eigenvalue weighted by Gasteiger charge is -2.14. The molecule has 0 saturated heterocycles. The average Bonchev–Trinajstić information content (AvgIpc) is 2.11. The summed E-state index contributed by atoms with van der Waals surface area (Å²) in [6.07, 6.45) is 1.73. The van der Waals surface area contributed by atoms with Crippen molar-refractivity contribution in [1.82, 2.24) is 0 Å². The van der Waals surface area contributed by atoms with Crippen LogP contribution in [0.3, 0.4) is 0 Å². The molecule has 72 valence electrons. The summed E-state index contributed by atoms with van der Waals surface area (Å²) in [6.45, 7) is 0. The largest absolute Gasteiger partial charge is 0.369 e. The van der Waals surface area contributed by atoms with Crippen molar-refractivity contribution in [2.75, 3.05) is 4.90 Å². The summed E-state index contributed by atoms with van der Waals surface area (Å²) in [5.41, 5.74) is 5.48. The molecule has 3 N–H and O–H groups in total. The standard InChI is InChI=1S/C8H6Cl2N4/c9-5-1-2-6(10)7(3-5)14(4-11)8(12)13/h1-3H,(H3,12,13). The van der Waals surface area contributed by atoms with E-state index >= 15 is 0 Å². The number of hydrogen-bond donors (Lipinski definition) is 2. The topological polar surface area (TPSA) is 76.9 Å². The van der Waals surface area contributed by atoms with Gasteiger partial charge in [0.25, 0.3) is 0 Å². The van der Waals surface area contributed by atoms with E-state index in [-0.39, 0.29) is 0 Å². The summed E-state index contributed by atoms with van der Waals surface area (Å²) in [6, 6.07) is 4.59. The summed E-state index contributed by atoms with van der Waals surface area (Å²) in [4.78, 5) is 0.883. The number of nitriles is 1. The lowest BCUT2D eigenvalue weighted by Crippen LogP contribution is -2.32. The van der Waals surface area contributed by atoms with Crippen LogP contribution in [-0.4, -0.2) is 5.96 Å². The Morgan fingerprint density at radius 3 is 2.64 bits per heavy atom. The second-order valence-corrected chi connectivity index (χ2v) is 3.26. The molecular weight excluding hydrogens is 223 g/mol. The van der Waals surface area contributed by atoms with E-state index in [0.717, 1.165) is 4.90 Å². The molecule has 0 aliphatic heterocycles. The van der Waals surface area contributed by atoms with E-state index in [4.69, 9.17) is 39.6 Å². The highest BCUT2D eigenvalue weighted by Crippen LogP contribution is 2.28. The first-order chi connectivity index (χ1) is 6.56. The van der Waals surface area contributed by atoms with Crippen LogP contribution in [0.5, 0.6) is 0 Å². The fourth-order valence-electron chi connectivity index (χ4n) is 0.895. The molecule has 14 heavy (non-hydrogen) atoms. The zero-order valence-corrected chi connectivity index (χ0v) is 8.47. The zero-order chi connectivity index (χ0) is 10.7. The van der Waals surface area contributed by atoms with Crippen LogP contribution in [0.1, 0.15) is 0 Å². The van der Waals surface area contributed by atoms with Gasteiger partial charge in [0.2, 0.25) is 5.96 Å². The predicted octanol–water partition coefficient (Wildman–Crippen LogP) is 2.17. The maximum absolute atomic E-state index is 8.72. The van der Waals surface area contributed by atoms with Gasteiger partial charge < -0.3 is 5.73 Å². The Kier molecular flexibility index (Phi) is 3.18. The number of rotatable bonds is 1. The third-order valence-corrected chi connectivity index (χ3v) is 2.04. The maximum atomic E-state index is 8.72. The first-order valence-electron chi connectivity index (χ1n) is 3.55. The first kappa shape index (κ1) is 10.6. The van der Waals surface area contributed by atoms with E-state index in [0.29, 0.717) is 15.7 Å². The monoisotopic (exact) mass is 228 g/mol. The van der Waals surface area contributed by atoms with Crippen molar-refractivity contribution in [2.24, 2.45) is 5.73 Å². The summed E-state index contributed by atoms with van der Waals surface area (Å²) in [7, 11) is 0. The van der Waals surface area contributed by atoms with Crippen LogP contribution in [0.4, 0.5) is 5.69 Å². The Morgan fingerprint density at radius 2 is 2.14 bits per heavy atom. The summed E-state index contributed by atoms with van der Waals surface area (Å²) in [5.74, 6) is -0.406. The normalized spacial score (nSPS) is 9.21. The molecule has 6 heteroatoms. The van der Waals surface area contributed by atoms with Gasteiger partial charge in [-0.25, -0.2) is 4.90 Å². The van der Waals surface area contributed by atoms with Gasteiger partial charge in [-0.05, 0) is 18.2 Å². The first-order valence-corrected chi connectivity index (χ1v) is 4.31. The number of benzene rings is 1. The molecule has 0 radical (unpaired) electrons. The van der Waals surface area contributed by atoms with Crippen LogP contribution >= 0.6 is 23.2 Å². The molecule has 0 unspecified atom stereocenters. The van der Waals surface area contributed by atoms with E-state index in [1.807, 2.05) is 0 Å². The van der Waals surface area contributed by atoms with E-state index in [1.165, 1.54) is 12.1 Å².